The number of hydrogen-bond donors (Lipinski definition) is 2. The van der Waals surface area contributed by atoms with Crippen molar-refractivity contribution >= 4 is 17.6 Å². The van der Waals surface area contributed by atoms with Gasteiger partial charge in [-0.3, -0.25) is 4.99 Å². The zero-order chi connectivity index (χ0) is 16.6. The molecule has 2 saturated carbocycles. The highest BCUT2D eigenvalue weighted by Gasteiger charge is 2.66. The molecule has 130 valence electrons. The van der Waals surface area contributed by atoms with Crippen LogP contribution in [0.4, 0.5) is 0 Å². The van der Waals surface area contributed by atoms with Crippen molar-refractivity contribution in [2.75, 3.05) is 20.2 Å². The minimum Gasteiger partial charge on any atom is -0.377 e. The lowest BCUT2D eigenvalue weighted by molar-refractivity contribution is -0.171. The third kappa shape index (κ3) is 2.68. The molecule has 2 N–H and O–H groups in total. The molecule has 3 fully saturated rings. The van der Waals surface area contributed by atoms with Crippen LogP contribution in [0.25, 0.3) is 0 Å². The number of aliphatic imine (C=N–C) groups is 1. The summed E-state index contributed by atoms with van der Waals surface area (Å²) in [5.74, 6) is 1.56. The molecule has 2 heterocycles. The van der Waals surface area contributed by atoms with E-state index in [1.165, 1.54) is 31.2 Å². The van der Waals surface area contributed by atoms with Crippen molar-refractivity contribution in [1.29, 1.82) is 0 Å². The number of nitrogens with one attached hydrogen (secondary N) is 2. The molecule has 0 bridgehead atoms. The van der Waals surface area contributed by atoms with E-state index in [1.54, 1.807) is 0 Å². The summed E-state index contributed by atoms with van der Waals surface area (Å²) in [5, 5.41) is 7.66. The van der Waals surface area contributed by atoms with E-state index in [0.29, 0.717) is 28.6 Å². The summed E-state index contributed by atoms with van der Waals surface area (Å²) in [6.07, 6.45) is 8.31. The number of halogens is 1. The predicted molar refractivity (Wildman–Crippen MR) is 95.4 cm³/mol. The van der Waals surface area contributed by atoms with Crippen LogP contribution in [-0.4, -0.2) is 43.3 Å². The summed E-state index contributed by atoms with van der Waals surface area (Å²) in [6.45, 7) is 1.75. The Balaban J connectivity index is 1.31. The van der Waals surface area contributed by atoms with Crippen molar-refractivity contribution in [3.05, 3.63) is 29.0 Å². The molecule has 0 amide bonds. The fourth-order valence-electron chi connectivity index (χ4n) is 4.68. The number of rotatable bonds is 4. The Morgan fingerprint density at radius 1 is 1.46 bits per heavy atom. The minimum absolute atomic E-state index is 0.374. The molecule has 1 aromatic heterocycles. The van der Waals surface area contributed by atoms with Gasteiger partial charge in [0.05, 0.1) is 6.10 Å². The first-order chi connectivity index (χ1) is 11.7. The van der Waals surface area contributed by atoms with Crippen LogP contribution < -0.4 is 10.6 Å². The van der Waals surface area contributed by atoms with E-state index in [1.807, 2.05) is 25.4 Å². The van der Waals surface area contributed by atoms with Gasteiger partial charge >= 0.3 is 0 Å². The normalized spacial score (nSPS) is 30.4. The highest BCUT2D eigenvalue weighted by atomic mass is 35.5. The van der Waals surface area contributed by atoms with Gasteiger partial charge in [-0.1, -0.05) is 24.1 Å². The van der Waals surface area contributed by atoms with Crippen LogP contribution in [0.5, 0.6) is 0 Å². The van der Waals surface area contributed by atoms with Crippen LogP contribution in [-0.2, 0) is 11.2 Å². The smallest absolute Gasteiger partial charge is 0.191 e. The molecule has 3 atom stereocenters. The molecular formula is C18H25ClN4O. The number of pyridine rings is 1. The van der Waals surface area contributed by atoms with Gasteiger partial charge < -0.3 is 15.4 Å². The lowest BCUT2D eigenvalue weighted by Gasteiger charge is -2.63. The number of aromatic nitrogens is 1. The maximum Gasteiger partial charge on any atom is 0.191 e. The van der Waals surface area contributed by atoms with E-state index in [4.69, 9.17) is 16.3 Å². The van der Waals surface area contributed by atoms with Crippen LogP contribution >= 0.6 is 11.6 Å². The SMILES string of the molecule is CN=C(NCCc1ccc(Cl)nc1)NC1C2CCOC2C12CCC2. The third-order valence-corrected chi connectivity index (χ3v) is 6.27. The largest absolute Gasteiger partial charge is 0.377 e. The number of nitrogens with zero attached hydrogens (tertiary/aromatic N) is 2. The standard InChI is InChI=1S/C18H25ClN4O/c1-20-17(21-9-5-12-3-4-14(19)22-11-12)23-15-13-6-10-24-16(13)18(15)7-2-8-18/h3-4,11,13,15-16H,2,5-10H2,1H3,(H2,20,21,23). The molecular weight excluding hydrogens is 324 g/mol. The van der Waals surface area contributed by atoms with Crippen molar-refractivity contribution in [2.24, 2.45) is 16.3 Å². The fourth-order valence-corrected chi connectivity index (χ4v) is 4.79. The van der Waals surface area contributed by atoms with E-state index in [-0.39, 0.29) is 0 Å². The molecule has 1 saturated heterocycles. The van der Waals surface area contributed by atoms with Crippen LogP contribution in [0.15, 0.2) is 23.3 Å². The molecule has 2 aliphatic carbocycles. The Morgan fingerprint density at radius 2 is 2.33 bits per heavy atom. The van der Waals surface area contributed by atoms with E-state index < -0.39 is 0 Å². The predicted octanol–water partition coefficient (Wildman–Crippen LogP) is 2.40. The Hall–Kier alpha value is -1.33. The van der Waals surface area contributed by atoms with Crippen molar-refractivity contribution in [2.45, 2.75) is 44.2 Å². The van der Waals surface area contributed by atoms with Crippen LogP contribution in [0.3, 0.4) is 0 Å². The van der Waals surface area contributed by atoms with Crippen molar-refractivity contribution < 1.29 is 4.74 Å². The van der Waals surface area contributed by atoms with Gasteiger partial charge in [-0.2, -0.15) is 0 Å². The van der Waals surface area contributed by atoms with E-state index in [0.717, 1.165) is 25.5 Å². The first-order valence-corrected chi connectivity index (χ1v) is 9.30. The first-order valence-electron chi connectivity index (χ1n) is 8.92. The van der Waals surface area contributed by atoms with Gasteiger partial charge in [0.2, 0.25) is 0 Å². The maximum atomic E-state index is 5.99. The molecule has 5 nitrogen and oxygen atoms in total. The Morgan fingerprint density at radius 3 is 3.00 bits per heavy atom. The Labute approximate surface area is 148 Å². The summed E-state index contributed by atoms with van der Waals surface area (Å²) >= 11 is 5.82. The van der Waals surface area contributed by atoms with Gasteiger partial charge in [0.1, 0.15) is 5.15 Å². The quantitative estimate of drug-likeness (QED) is 0.498. The topological polar surface area (TPSA) is 58.5 Å². The minimum atomic E-state index is 0.374. The average molecular weight is 349 g/mol. The molecule has 0 radical (unpaired) electrons. The zero-order valence-corrected chi connectivity index (χ0v) is 14.9. The van der Waals surface area contributed by atoms with Gasteiger partial charge in [-0.15, -0.1) is 0 Å². The highest BCUT2D eigenvalue weighted by molar-refractivity contribution is 6.29. The summed E-state index contributed by atoms with van der Waals surface area (Å²) in [6, 6.07) is 4.36. The van der Waals surface area contributed by atoms with Crippen LogP contribution in [0.2, 0.25) is 5.15 Å². The van der Waals surface area contributed by atoms with Gasteiger partial charge in [0.15, 0.2) is 5.96 Å². The van der Waals surface area contributed by atoms with E-state index >= 15 is 0 Å². The molecule has 1 spiro atoms. The number of guanidine groups is 1. The lowest BCUT2D eigenvalue weighted by atomic mass is 9.46. The first kappa shape index (κ1) is 16.2. The third-order valence-electron chi connectivity index (χ3n) is 6.05. The van der Waals surface area contributed by atoms with E-state index in [9.17, 15) is 0 Å². The molecule has 1 aromatic rings. The van der Waals surface area contributed by atoms with Crippen LogP contribution in [0, 0.1) is 11.3 Å². The van der Waals surface area contributed by atoms with Gasteiger partial charge in [-0.05, 0) is 37.3 Å². The second kappa shape index (κ2) is 6.52. The Bertz CT molecular complexity index is 614. The molecule has 0 aromatic carbocycles. The second-order valence-corrected chi connectivity index (χ2v) is 7.58. The van der Waals surface area contributed by atoms with E-state index in [2.05, 4.69) is 20.6 Å². The summed E-state index contributed by atoms with van der Waals surface area (Å²) in [5.41, 5.74) is 1.55. The molecule has 4 rings (SSSR count). The van der Waals surface area contributed by atoms with Crippen molar-refractivity contribution in [3.63, 3.8) is 0 Å². The summed E-state index contributed by atoms with van der Waals surface area (Å²) in [7, 11) is 1.84. The molecule has 1 aliphatic heterocycles. The van der Waals surface area contributed by atoms with Gasteiger partial charge in [-0.25, -0.2) is 4.98 Å². The number of hydrogen-bond acceptors (Lipinski definition) is 3. The molecule has 3 unspecified atom stereocenters. The summed E-state index contributed by atoms with van der Waals surface area (Å²) < 4.78 is 5.99. The lowest BCUT2D eigenvalue weighted by Crippen LogP contribution is -2.72. The summed E-state index contributed by atoms with van der Waals surface area (Å²) in [4.78, 5) is 8.53. The highest BCUT2D eigenvalue weighted by Crippen LogP contribution is 2.62. The molecule has 24 heavy (non-hydrogen) atoms. The Kier molecular flexibility index (Phi) is 4.39. The molecule has 6 heteroatoms. The fraction of sp³-hybridized carbons (Fsp3) is 0.667. The molecule has 3 aliphatic rings. The maximum absolute atomic E-state index is 5.99. The monoisotopic (exact) mass is 348 g/mol. The van der Waals surface area contributed by atoms with Crippen LogP contribution in [0.1, 0.15) is 31.2 Å². The average Bonchev–Trinajstić information content (AvgIpc) is 2.96. The number of fused-ring (bicyclic) bond motifs is 2. The van der Waals surface area contributed by atoms with Crippen molar-refractivity contribution in [1.82, 2.24) is 15.6 Å². The van der Waals surface area contributed by atoms with Gasteiger partial charge in [0, 0.05) is 43.8 Å². The van der Waals surface area contributed by atoms with Gasteiger partial charge in [0.25, 0.3) is 0 Å². The number of ether oxygens (including phenoxy) is 1. The van der Waals surface area contributed by atoms with Crippen molar-refractivity contribution in [3.8, 4) is 0 Å². The second-order valence-electron chi connectivity index (χ2n) is 7.19. The zero-order valence-electron chi connectivity index (χ0n) is 14.1.